The molecule has 186 valence electrons. The van der Waals surface area contributed by atoms with E-state index in [9.17, 15) is 13.2 Å². The largest absolute Gasteiger partial charge is 0.497 e. The van der Waals surface area contributed by atoms with Crippen molar-refractivity contribution < 1.29 is 27.4 Å². The van der Waals surface area contributed by atoms with Crippen molar-refractivity contribution in [3.8, 4) is 22.8 Å². The number of ether oxygens (including phenoxy) is 3. The van der Waals surface area contributed by atoms with Crippen LogP contribution < -0.4 is 14.8 Å². The minimum atomic E-state index is -3.68. The monoisotopic (exact) mass is 517 g/mol. The molecule has 0 aliphatic carbocycles. The number of anilines is 1. The molecular weight excluding hydrogens is 490 g/mol. The highest BCUT2D eigenvalue weighted by atomic mass is 32.2. The zero-order chi connectivity index (χ0) is 25.2. The number of hydrogen-bond donors (Lipinski definition) is 1. The van der Waals surface area contributed by atoms with Crippen LogP contribution in [0.4, 0.5) is 5.13 Å². The van der Waals surface area contributed by atoms with Crippen LogP contribution in [0.15, 0.2) is 52.7 Å². The van der Waals surface area contributed by atoms with Crippen LogP contribution in [0.25, 0.3) is 11.3 Å². The molecule has 2 unspecified atom stereocenters. The molecule has 9 nitrogen and oxygen atoms in total. The number of methoxy groups -OCH3 is 2. The summed E-state index contributed by atoms with van der Waals surface area (Å²) in [5.74, 6) is 0.909. The Morgan fingerprint density at radius 3 is 2.40 bits per heavy atom. The molecule has 0 bridgehead atoms. The average Bonchev–Trinajstić information content (AvgIpc) is 3.31. The Kier molecular flexibility index (Phi) is 7.41. The van der Waals surface area contributed by atoms with Crippen LogP contribution >= 0.6 is 11.3 Å². The van der Waals surface area contributed by atoms with Crippen molar-refractivity contribution in [3.05, 3.63) is 53.4 Å². The fraction of sp³-hybridized carbons (Fsp3) is 0.333. The molecule has 0 radical (unpaired) electrons. The molecule has 11 heteroatoms. The zero-order valence-electron chi connectivity index (χ0n) is 19.8. The number of nitrogens with zero attached hydrogens (tertiary/aromatic N) is 2. The van der Waals surface area contributed by atoms with Gasteiger partial charge in [-0.15, -0.1) is 11.3 Å². The maximum atomic E-state index is 13.0. The van der Waals surface area contributed by atoms with Gasteiger partial charge in [0, 0.05) is 29.6 Å². The summed E-state index contributed by atoms with van der Waals surface area (Å²) in [5.41, 5.74) is 1.70. The van der Waals surface area contributed by atoms with Gasteiger partial charge >= 0.3 is 0 Å². The highest BCUT2D eigenvalue weighted by molar-refractivity contribution is 7.89. The SMILES string of the molecule is COc1ccc(OC)c(-c2csc(NC(=O)c3ccc(S(=O)(=O)N4CC(C)OC(C)C4)cc3)n2)c1. The summed E-state index contributed by atoms with van der Waals surface area (Å²) in [6.07, 6.45) is -0.364. The van der Waals surface area contributed by atoms with E-state index in [0.717, 1.165) is 5.56 Å². The molecule has 2 atom stereocenters. The summed E-state index contributed by atoms with van der Waals surface area (Å²) in [6, 6.07) is 11.3. The van der Waals surface area contributed by atoms with Crippen LogP contribution in [0.5, 0.6) is 11.5 Å². The third kappa shape index (κ3) is 5.48. The van der Waals surface area contributed by atoms with Crippen molar-refractivity contribution >= 4 is 32.4 Å². The third-order valence-corrected chi connectivity index (χ3v) is 8.15. The predicted molar refractivity (Wildman–Crippen MR) is 134 cm³/mol. The molecule has 1 N–H and O–H groups in total. The molecule has 1 saturated heterocycles. The first-order chi connectivity index (χ1) is 16.7. The van der Waals surface area contributed by atoms with Crippen LogP contribution in [-0.4, -0.2) is 63.1 Å². The Hall–Kier alpha value is -2.99. The van der Waals surface area contributed by atoms with Crippen LogP contribution in [0, 0.1) is 0 Å². The topological polar surface area (TPSA) is 107 Å². The van der Waals surface area contributed by atoms with Gasteiger partial charge in [0.1, 0.15) is 11.5 Å². The quantitative estimate of drug-likeness (QED) is 0.507. The van der Waals surface area contributed by atoms with E-state index in [-0.39, 0.29) is 23.0 Å². The average molecular weight is 518 g/mol. The van der Waals surface area contributed by atoms with E-state index in [0.29, 0.717) is 41.0 Å². The molecule has 1 aliphatic rings. The summed E-state index contributed by atoms with van der Waals surface area (Å²) in [5, 5.41) is 4.99. The Morgan fingerprint density at radius 1 is 1.09 bits per heavy atom. The second-order valence-electron chi connectivity index (χ2n) is 8.16. The second-order valence-corrected chi connectivity index (χ2v) is 11.0. The predicted octanol–water partition coefficient (Wildman–Crippen LogP) is 3.88. The van der Waals surface area contributed by atoms with Gasteiger partial charge in [-0.2, -0.15) is 4.31 Å². The molecule has 0 spiro atoms. The van der Waals surface area contributed by atoms with Crippen molar-refractivity contribution in [2.24, 2.45) is 0 Å². The number of nitrogens with one attached hydrogen (secondary N) is 1. The zero-order valence-corrected chi connectivity index (χ0v) is 21.5. The summed E-state index contributed by atoms with van der Waals surface area (Å²) >= 11 is 1.27. The standard InChI is InChI=1S/C24H27N3O6S2/c1-15-12-27(13-16(2)33-15)35(29,30)19-8-5-17(6-9-19)23(28)26-24-25-21(14-34-24)20-11-18(31-3)7-10-22(20)32-4/h5-11,14-16H,12-13H2,1-4H3,(H,25,26,28). The van der Waals surface area contributed by atoms with Crippen molar-refractivity contribution in [2.75, 3.05) is 32.6 Å². The Morgan fingerprint density at radius 2 is 1.77 bits per heavy atom. The number of morpholine rings is 1. The Balaban J connectivity index is 1.48. The van der Waals surface area contributed by atoms with E-state index in [4.69, 9.17) is 14.2 Å². The highest BCUT2D eigenvalue weighted by Gasteiger charge is 2.32. The van der Waals surface area contributed by atoms with Crippen molar-refractivity contribution in [2.45, 2.75) is 31.0 Å². The number of hydrogen-bond acceptors (Lipinski definition) is 8. The summed E-state index contributed by atoms with van der Waals surface area (Å²) in [4.78, 5) is 17.4. The van der Waals surface area contributed by atoms with Gasteiger partial charge < -0.3 is 14.2 Å². The molecule has 1 amide bonds. The number of sulfonamides is 1. The lowest BCUT2D eigenvalue weighted by molar-refractivity contribution is -0.0440. The normalized spacial score (nSPS) is 18.7. The smallest absolute Gasteiger partial charge is 0.257 e. The highest BCUT2D eigenvalue weighted by Crippen LogP contribution is 2.35. The van der Waals surface area contributed by atoms with Crippen LogP contribution in [0.2, 0.25) is 0 Å². The van der Waals surface area contributed by atoms with Crippen molar-refractivity contribution in [3.63, 3.8) is 0 Å². The number of aromatic nitrogens is 1. The van der Waals surface area contributed by atoms with E-state index in [1.807, 2.05) is 25.3 Å². The molecular formula is C24H27N3O6S2. The maximum absolute atomic E-state index is 13.0. The van der Waals surface area contributed by atoms with Crippen molar-refractivity contribution in [1.29, 1.82) is 0 Å². The molecule has 1 aromatic heterocycles. The molecule has 4 rings (SSSR count). The van der Waals surface area contributed by atoms with E-state index in [1.165, 1.54) is 39.9 Å². The first-order valence-corrected chi connectivity index (χ1v) is 13.3. The fourth-order valence-corrected chi connectivity index (χ4v) is 6.19. The van der Waals surface area contributed by atoms with Gasteiger partial charge in [0.05, 0.1) is 37.0 Å². The molecule has 0 saturated carbocycles. The van der Waals surface area contributed by atoms with Gasteiger partial charge in [-0.1, -0.05) is 0 Å². The lowest BCUT2D eigenvalue weighted by Crippen LogP contribution is -2.48. The van der Waals surface area contributed by atoms with Crippen LogP contribution in [0.1, 0.15) is 24.2 Å². The van der Waals surface area contributed by atoms with Gasteiger partial charge in [0.2, 0.25) is 10.0 Å². The lowest BCUT2D eigenvalue weighted by atomic mass is 10.1. The van der Waals surface area contributed by atoms with Crippen LogP contribution in [0.3, 0.4) is 0 Å². The van der Waals surface area contributed by atoms with E-state index in [2.05, 4.69) is 10.3 Å². The number of thiazole rings is 1. The van der Waals surface area contributed by atoms with Gasteiger partial charge in [-0.05, 0) is 56.3 Å². The fourth-order valence-electron chi connectivity index (χ4n) is 3.89. The lowest BCUT2D eigenvalue weighted by Gasteiger charge is -2.34. The van der Waals surface area contributed by atoms with E-state index < -0.39 is 10.0 Å². The van der Waals surface area contributed by atoms with Gasteiger partial charge in [-0.3, -0.25) is 10.1 Å². The summed E-state index contributed by atoms with van der Waals surface area (Å²) in [6.45, 7) is 4.28. The first kappa shape index (κ1) is 25.1. The number of carbonyl (C=O) groups is 1. The Bertz CT molecular complexity index is 1300. The number of amides is 1. The maximum Gasteiger partial charge on any atom is 0.257 e. The number of carbonyl (C=O) groups excluding carboxylic acids is 1. The Labute approximate surface area is 208 Å². The van der Waals surface area contributed by atoms with Gasteiger partial charge in [0.25, 0.3) is 5.91 Å². The molecule has 2 heterocycles. The molecule has 3 aromatic rings. The van der Waals surface area contributed by atoms with Gasteiger partial charge in [0.15, 0.2) is 5.13 Å². The minimum absolute atomic E-state index is 0.136. The minimum Gasteiger partial charge on any atom is -0.497 e. The summed E-state index contributed by atoms with van der Waals surface area (Å²) in [7, 11) is -0.526. The van der Waals surface area contributed by atoms with Crippen LogP contribution in [-0.2, 0) is 14.8 Å². The molecule has 1 aliphatic heterocycles. The number of rotatable bonds is 7. The third-order valence-electron chi connectivity index (χ3n) is 5.55. The van der Waals surface area contributed by atoms with Crippen molar-refractivity contribution in [1.82, 2.24) is 9.29 Å². The summed E-state index contributed by atoms with van der Waals surface area (Å²) < 4.78 is 43.8. The second kappa shape index (κ2) is 10.3. The first-order valence-electron chi connectivity index (χ1n) is 11.0. The molecule has 35 heavy (non-hydrogen) atoms. The van der Waals surface area contributed by atoms with Gasteiger partial charge in [-0.25, -0.2) is 13.4 Å². The van der Waals surface area contributed by atoms with E-state index in [1.54, 1.807) is 26.4 Å². The molecule has 1 fully saturated rings. The van der Waals surface area contributed by atoms with E-state index >= 15 is 0 Å². The number of benzene rings is 2. The molecule has 2 aromatic carbocycles.